The van der Waals surface area contributed by atoms with Gasteiger partial charge in [0.05, 0.1) is 17.8 Å². The van der Waals surface area contributed by atoms with E-state index < -0.39 is 10.1 Å². The van der Waals surface area contributed by atoms with Crippen LogP contribution in [0.4, 0.5) is 0 Å². The summed E-state index contributed by atoms with van der Waals surface area (Å²) in [4.78, 5) is 12.4. The monoisotopic (exact) mass is 391 g/mol. The number of amides is 1. The second kappa shape index (κ2) is 8.27. The summed E-state index contributed by atoms with van der Waals surface area (Å²) >= 11 is 0. The minimum Gasteiger partial charge on any atom is -0.459 e. The number of furan rings is 1. The molecule has 1 aliphatic rings. The van der Waals surface area contributed by atoms with Crippen molar-refractivity contribution < 1.29 is 21.8 Å². The molecule has 1 aromatic heterocycles. The fraction of sp³-hybridized carbons (Fsp3) is 0.450. The number of benzene rings is 1. The Bertz CT molecular complexity index is 881. The van der Waals surface area contributed by atoms with E-state index in [1.165, 1.54) is 6.26 Å². The molecule has 0 radical (unpaired) electrons. The molecule has 0 atom stereocenters. The zero-order valence-corrected chi connectivity index (χ0v) is 16.4. The van der Waals surface area contributed by atoms with Gasteiger partial charge in [0.15, 0.2) is 5.76 Å². The van der Waals surface area contributed by atoms with E-state index in [9.17, 15) is 13.2 Å². The van der Waals surface area contributed by atoms with Gasteiger partial charge in [0.25, 0.3) is 16.0 Å². The SMILES string of the molecule is CCOS(=O)(=O)c1ccc(C)cc1C1CCC(NC(=O)c2ccco2)CC1. The van der Waals surface area contributed by atoms with Gasteiger partial charge in [-0.25, -0.2) is 0 Å². The highest BCUT2D eigenvalue weighted by Crippen LogP contribution is 2.37. The van der Waals surface area contributed by atoms with Crippen LogP contribution in [-0.2, 0) is 14.3 Å². The molecular formula is C20H25NO5S. The normalized spacial score (nSPS) is 20.4. The van der Waals surface area contributed by atoms with Crippen LogP contribution in [0.5, 0.6) is 0 Å². The molecule has 27 heavy (non-hydrogen) atoms. The van der Waals surface area contributed by atoms with Crippen LogP contribution in [0.15, 0.2) is 45.9 Å². The number of hydrogen-bond acceptors (Lipinski definition) is 5. The van der Waals surface area contributed by atoms with Crippen molar-refractivity contribution in [1.82, 2.24) is 5.32 Å². The van der Waals surface area contributed by atoms with E-state index in [1.807, 2.05) is 13.0 Å². The topological polar surface area (TPSA) is 85.6 Å². The van der Waals surface area contributed by atoms with Gasteiger partial charge >= 0.3 is 0 Å². The largest absolute Gasteiger partial charge is 0.459 e. The third kappa shape index (κ3) is 4.59. The lowest BCUT2D eigenvalue weighted by molar-refractivity contribution is 0.0897. The van der Waals surface area contributed by atoms with Crippen molar-refractivity contribution in [3.05, 3.63) is 53.5 Å². The summed E-state index contributed by atoms with van der Waals surface area (Å²) in [6.07, 6.45) is 4.67. The fourth-order valence-corrected chi connectivity index (χ4v) is 4.83. The number of hydrogen-bond donors (Lipinski definition) is 1. The van der Waals surface area contributed by atoms with E-state index in [2.05, 4.69) is 5.32 Å². The lowest BCUT2D eigenvalue weighted by Gasteiger charge is -2.30. The van der Waals surface area contributed by atoms with Crippen LogP contribution in [0.2, 0.25) is 0 Å². The number of carbonyl (C=O) groups excluding carboxylic acids is 1. The number of rotatable bonds is 6. The molecule has 1 N–H and O–H groups in total. The van der Waals surface area contributed by atoms with Crippen molar-refractivity contribution >= 4 is 16.0 Å². The van der Waals surface area contributed by atoms with Crippen LogP contribution >= 0.6 is 0 Å². The Balaban J connectivity index is 1.71. The van der Waals surface area contributed by atoms with Crippen LogP contribution in [0.1, 0.15) is 60.2 Å². The second-order valence-electron chi connectivity index (χ2n) is 6.90. The summed E-state index contributed by atoms with van der Waals surface area (Å²) in [6, 6.07) is 8.77. The minimum absolute atomic E-state index is 0.0654. The molecule has 0 unspecified atom stereocenters. The van der Waals surface area contributed by atoms with Gasteiger partial charge in [-0.2, -0.15) is 8.42 Å². The molecule has 2 aromatic rings. The molecule has 1 heterocycles. The predicted molar refractivity (Wildman–Crippen MR) is 101 cm³/mol. The van der Waals surface area contributed by atoms with Gasteiger partial charge in [-0.15, -0.1) is 0 Å². The molecule has 1 amide bonds. The molecule has 0 bridgehead atoms. The van der Waals surface area contributed by atoms with Crippen molar-refractivity contribution in [2.45, 2.75) is 56.4 Å². The molecule has 1 fully saturated rings. The van der Waals surface area contributed by atoms with Crippen LogP contribution in [-0.4, -0.2) is 27.0 Å². The van der Waals surface area contributed by atoms with E-state index in [4.69, 9.17) is 8.60 Å². The van der Waals surface area contributed by atoms with Crippen molar-refractivity contribution in [3.63, 3.8) is 0 Å². The van der Waals surface area contributed by atoms with E-state index >= 15 is 0 Å². The third-order valence-electron chi connectivity index (χ3n) is 4.95. The highest BCUT2D eigenvalue weighted by atomic mass is 32.2. The van der Waals surface area contributed by atoms with E-state index in [0.717, 1.165) is 36.8 Å². The predicted octanol–water partition coefficient (Wildman–Crippen LogP) is 3.77. The first kappa shape index (κ1) is 19.6. The third-order valence-corrected chi connectivity index (χ3v) is 6.41. The summed E-state index contributed by atoms with van der Waals surface area (Å²) in [6.45, 7) is 3.73. The van der Waals surface area contributed by atoms with Gasteiger partial charge < -0.3 is 9.73 Å². The fourth-order valence-electron chi connectivity index (χ4n) is 3.65. The van der Waals surface area contributed by atoms with Gasteiger partial charge in [0, 0.05) is 6.04 Å². The Morgan fingerprint density at radius 3 is 2.59 bits per heavy atom. The lowest BCUT2D eigenvalue weighted by Crippen LogP contribution is -2.37. The molecular weight excluding hydrogens is 366 g/mol. The van der Waals surface area contributed by atoms with Crippen molar-refractivity contribution in [2.24, 2.45) is 0 Å². The second-order valence-corrected chi connectivity index (χ2v) is 8.49. The van der Waals surface area contributed by atoms with Gasteiger partial charge in [-0.05, 0) is 69.2 Å². The lowest BCUT2D eigenvalue weighted by atomic mass is 9.81. The standard InChI is InChI=1S/C20H25NO5S/c1-3-26-27(23,24)19-11-6-14(2)13-17(19)15-7-9-16(10-8-15)21-20(22)18-5-4-12-25-18/h4-6,11-13,15-16H,3,7-10H2,1-2H3,(H,21,22). The number of nitrogens with one attached hydrogen (secondary N) is 1. The Kier molecular flexibility index (Phi) is 6.01. The van der Waals surface area contributed by atoms with E-state index in [-0.39, 0.29) is 29.4 Å². The van der Waals surface area contributed by atoms with Crippen LogP contribution in [0, 0.1) is 6.92 Å². The first-order chi connectivity index (χ1) is 12.9. The molecule has 3 rings (SSSR count). The minimum atomic E-state index is -3.75. The highest BCUT2D eigenvalue weighted by molar-refractivity contribution is 7.86. The number of carbonyl (C=O) groups is 1. The van der Waals surface area contributed by atoms with Gasteiger partial charge in [0.1, 0.15) is 0 Å². The maximum Gasteiger partial charge on any atom is 0.297 e. The Hall–Kier alpha value is -2.12. The van der Waals surface area contributed by atoms with E-state index in [0.29, 0.717) is 5.76 Å². The van der Waals surface area contributed by atoms with Crippen molar-refractivity contribution in [3.8, 4) is 0 Å². The van der Waals surface area contributed by atoms with Crippen molar-refractivity contribution in [1.29, 1.82) is 0 Å². The molecule has 6 nitrogen and oxygen atoms in total. The summed E-state index contributed by atoms with van der Waals surface area (Å²) in [5.74, 6) is 0.228. The summed E-state index contributed by atoms with van der Waals surface area (Å²) in [5.41, 5.74) is 1.84. The smallest absolute Gasteiger partial charge is 0.297 e. The molecule has 1 aromatic carbocycles. The molecule has 0 aliphatic heterocycles. The van der Waals surface area contributed by atoms with E-state index in [1.54, 1.807) is 31.2 Å². The number of aryl methyl sites for hydroxylation is 1. The highest BCUT2D eigenvalue weighted by Gasteiger charge is 2.29. The quantitative estimate of drug-likeness (QED) is 0.758. The summed E-state index contributed by atoms with van der Waals surface area (Å²) < 4.78 is 35.0. The van der Waals surface area contributed by atoms with Crippen LogP contribution in [0.3, 0.4) is 0 Å². The summed E-state index contributed by atoms with van der Waals surface area (Å²) in [5, 5.41) is 2.99. The average Bonchev–Trinajstić information content (AvgIpc) is 3.17. The first-order valence-electron chi connectivity index (χ1n) is 9.25. The molecule has 0 saturated heterocycles. The van der Waals surface area contributed by atoms with Gasteiger partial charge in [0.2, 0.25) is 0 Å². The Morgan fingerprint density at radius 1 is 1.22 bits per heavy atom. The van der Waals surface area contributed by atoms with Crippen molar-refractivity contribution in [2.75, 3.05) is 6.61 Å². The maximum atomic E-state index is 12.5. The first-order valence-corrected chi connectivity index (χ1v) is 10.7. The van der Waals surface area contributed by atoms with Crippen LogP contribution in [0.25, 0.3) is 0 Å². The van der Waals surface area contributed by atoms with Gasteiger partial charge in [-0.1, -0.05) is 17.7 Å². The zero-order chi connectivity index (χ0) is 19.4. The summed E-state index contributed by atoms with van der Waals surface area (Å²) in [7, 11) is -3.75. The maximum absolute atomic E-state index is 12.5. The Morgan fingerprint density at radius 2 is 1.96 bits per heavy atom. The molecule has 1 aliphatic carbocycles. The van der Waals surface area contributed by atoms with Gasteiger partial charge in [-0.3, -0.25) is 8.98 Å². The molecule has 7 heteroatoms. The van der Waals surface area contributed by atoms with Crippen LogP contribution < -0.4 is 5.32 Å². The Labute approximate surface area is 160 Å². The molecule has 146 valence electrons. The zero-order valence-electron chi connectivity index (χ0n) is 15.6. The average molecular weight is 391 g/mol. The molecule has 1 saturated carbocycles. The molecule has 0 spiro atoms.